The number of nitrogens with zero attached hydrogens (tertiary/aromatic N) is 3. The van der Waals surface area contributed by atoms with Gasteiger partial charge in [0.2, 0.25) is 0 Å². The predicted octanol–water partition coefficient (Wildman–Crippen LogP) is 5.39. The second kappa shape index (κ2) is 10.8. The molecule has 0 N–H and O–H groups in total. The van der Waals surface area contributed by atoms with Gasteiger partial charge in [-0.3, -0.25) is 4.79 Å². The summed E-state index contributed by atoms with van der Waals surface area (Å²) in [6.45, 7) is 7.55. The molecule has 1 atom stereocenters. The number of hydrogen-bond donors (Lipinski definition) is 0. The first-order valence-corrected chi connectivity index (χ1v) is 10.8. The third kappa shape index (κ3) is 6.20. The van der Waals surface area contributed by atoms with Gasteiger partial charge in [-0.15, -0.1) is 0 Å². The number of rotatable bonds is 7. The van der Waals surface area contributed by atoms with Crippen LogP contribution >= 0.6 is 0 Å². The molecule has 1 aromatic heterocycles. The summed E-state index contributed by atoms with van der Waals surface area (Å²) in [5.74, 6) is 0.179. The fourth-order valence-electron chi connectivity index (χ4n) is 3.74. The van der Waals surface area contributed by atoms with Crippen LogP contribution in [0.5, 0.6) is 0 Å². The van der Waals surface area contributed by atoms with E-state index >= 15 is 0 Å². The Morgan fingerprint density at radius 1 is 1.23 bits per heavy atom. The molecule has 31 heavy (non-hydrogen) atoms. The molecule has 3 rings (SSSR count). The van der Waals surface area contributed by atoms with Gasteiger partial charge in [-0.1, -0.05) is 36.8 Å². The molecule has 4 nitrogen and oxygen atoms in total. The third-order valence-electron chi connectivity index (χ3n) is 5.81. The quantitative estimate of drug-likeness (QED) is 0.446. The minimum Gasteiger partial charge on any atom is -0.338 e. The van der Waals surface area contributed by atoms with E-state index in [0.717, 1.165) is 42.6 Å². The Hall–Kier alpha value is -3.08. The molecule has 0 bridgehead atoms. The lowest BCUT2D eigenvalue weighted by Gasteiger charge is -2.19. The van der Waals surface area contributed by atoms with Gasteiger partial charge in [0.05, 0.1) is 5.69 Å². The van der Waals surface area contributed by atoms with Crippen molar-refractivity contribution in [2.24, 2.45) is 5.92 Å². The molecule has 0 radical (unpaired) electrons. The molecule has 162 valence electrons. The predicted molar refractivity (Wildman–Crippen MR) is 123 cm³/mol. The second-order valence-corrected chi connectivity index (χ2v) is 8.10. The first-order valence-electron chi connectivity index (χ1n) is 10.8. The van der Waals surface area contributed by atoms with Crippen LogP contribution < -0.4 is 0 Å². The van der Waals surface area contributed by atoms with Crippen molar-refractivity contribution >= 4 is 11.5 Å². The number of halogens is 1. The minimum atomic E-state index is -0.221. The van der Waals surface area contributed by atoms with Crippen LogP contribution in [0.15, 0.2) is 72.2 Å². The summed E-state index contributed by atoms with van der Waals surface area (Å²) >= 11 is 0. The number of carbonyl (C=O) groups is 1. The Labute approximate surface area is 184 Å². The number of likely N-dealkylation sites (tertiary alicyclic amines) is 1. The van der Waals surface area contributed by atoms with Gasteiger partial charge in [-0.2, -0.15) is 0 Å². The van der Waals surface area contributed by atoms with Crippen LogP contribution in [0.2, 0.25) is 0 Å². The maximum atomic E-state index is 13.5. The van der Waals surface area contributed by atoms with E-state index < -0.39 is 0 Å². The van der Waals surface area contributed by atoms with E-state index in [2.05, 4.69) is 23.8 Å². The molecule has 2 aromatic rings. The van der Waals surface area contributed by atoms with Gasteiger partial charge in [0.15, 0.2) is 0 Å². The van der Waals surface area contributed by atoms with Crippen LogP contribution in [0.25, 0.3) is 5.57 Å². The summed E-state index contributed by atoms with van der Waals surface area (Å²) in [6.07, 6.45) is 11.8. The second-order valence-electron chi connectivity index (χ2n) is 8.10. The van der Waals surface area contributed by atoms with Crippen LogP contribution in [0.3, 0.4) is 0 Å². The minimum absolute atomic E-state index is 0.0246. The van der Waals surface area contributed by atoms with Crippen molar-refractivity contribution in [3.8, 4) is 0 Å². The topological polar surface area (TPSA) is 46.1 Å². The Bertz CT molecular complexity index is 977. The van der Waals surface area contributed by atoms with Crippen molar-refractivity contribution in [1.29, 1.82) is 0 Å². The maximum absolute atomic E-state index is 13.5. The molecule has 1 unspecified atom stereocenters. The Morgan fingerprint density at radius 3 is 2.68 bits per heavy atom. The fraction of sp³-hybridized carbons (Fsp3) is 0.346. The monoisotopic (exact) mass is 419 g/mol. The van der Waals surface area contributed by atoms with E-state index in [1.807, 2.05) is 48.3 Å². The smallest absolute Gasteiger partial charge is 0.254 e. The van der Waals surface area contributed by atoms with E-state index in [1.165, 1.54) is 24.0 Å². The molecule has 1 aliphatic heterocycles. The molecule has 5 heteroatoms. The largest absolute Gasteiger partial charge is 0.338 e. The molecule has 0 spiro atoms. The molecule has 0 aliphatic carbocycles. The molecule has 1 aromatic carbocycles. The van der Waals surface area contributed by atoms with E-state index in [4.69, 9.17) is 0 Å². The standard InChI is InChI=1S/C26H30FN3O/c1-4-19(2)6-5-7-24(20(3)25-12-14-28-18-29-25)26(31)30-15-13-22(17-30)16-21-8-10-23(27)11-9-21/h5-12,14,18,22H,4,13,15-17H2,1-3H3/b7-5-,19-6+,24-20-. The molecular weight excluding hydrogens is 389 g/mol. The summed E-state index contributed by atoms with van der Waals surface area (Å²) < 4.78 is 13.2. The number of aromatic nitrogens is 2. The van der Waals surface area contributed by atoms with Gasteiger partial charge in [-0.25, -0.2) is 14.4 Å². The van der Waals surface area contributed by atoms with Gasteiger partial charge in [0.1, 0.15) is 12.1 Å². The first kappa shape index (κ1) is 22.6. The van der Waals surface area contributed by atoms with Gasteiger partial charge in [0, 0.05) is 24.9 Å². The number of carbonyl (C=O) groups excluding carboxylic acids is 1. The highest BCUT2D eigenvalue weighted by Gasteiger charge is 2.28. The summed E-state index contributed by atoms with van der Waals surface area (Å²) in [7, 11) is 0. The Balaban J connectivity index is 1.79. The van der Waals surface area contributed by atoms with Crippen LogP contribution in [-0.2, 0) is 11.2 Å². The summed E-state index contributed by atoms with van der Waals surface area (Å²) in [5, 5.41) is 0. The first-order chi connectivity index (χ1) is 15.0. The summed E-state index contributed by atoms with van der Waals surface area (Å²) in [6, 6.07) is 8.47. The van der Waals surface area contributed by atoms with Crippen LogP contribution in [0.1, 0.15) is 44.9 Å². The molecule has 1 aliphatic rings. The lowest BCUT2D eigenvalue weighted by Crippen LogP contribution is -2.30. The zero-order valence-electron chi connectivity index (χ0n) is 18.5. The van der Waals surface area contributed by atoms with Crippen molar-refractivity contribution in [2.45, 2.75) is 40.0 Å². The number of benzene rings is 1. The fourth-order valence-corrected chi connectivity index (χ4v) is 3.74. The Kier molecular flexibility index (Phi) is 7.88. The molecule has 1 amide bonds. The van der Waals surface area contributed by atoms with Crippen molar-refractivity contribution < 1.29 is 9.18 Å². The van der Waals surface area contributed by atoms with E-state index in [0.29, 0.717) is 18.0 Å². The van der Waals surface area contributed by atoms with Gasteiger partial charge >= 0.3 is 0 Å². The highest BCUT2D eigenvalue weighted by Crippen LogP contribution is 2.25. The van der Waals surface area contributed by atoms with E-state index in [-0.39, 0.29) is 11.7 Å². The van der Waals surface area contributed by atoms with E-state index in [9.17, 15) is 9.18 Å². The number of allylic oxidation sites excluding steroid dienone is 4. The third-order valence-corrected chi connectivity index (χ3v) is 5.81. The number of hydrogen-bond acceptors (Lipinski definition) is 3. The van der Waals surface area contributed by atoms with Crippen LogP contribution in [-0.4, -0.2) is 33.9 Å². The van der Waals surface area contributed by atoms with Crippen molar-refractivity contribution in [3.63, 3.8) is 0 Å². The zero-order chi connectivity index (χ0) is 22.2. The van der Waals surface area contributed by atoms with Crippen molar-refractivity contribution in [2.75, 3.05) is 13.1 Å². The molecule has 1 saturated heterocycles. The van der Waals surface area contributed by atoms with Gasteiger partial charge in [-0.05, 0) is 74.4 Å². The van der Waals surface area contributed by atoms with Gasteiger partial charge < -0.3 is 4.90 Å². The highest BCUT2D eigenvalue weighted by atomic mass is 19.1. The van der Waals surface area contributed by atoms with Crippen LogP contribution in [0.4, 0.5) is 4.39 Å². The van der Waals surface area contributed by atoms with E-state index in [1.54, 1.807) is 6.20 Å². The summed E-state index contributed by atoms with van der Waals surface area (Å²) in [4.78, 5) is 23.7. The van der Waals surface area contributed by atoms with Crippen molar-refractivity contribution in [3.05, 3.63) is 89.3 Å². The Morgan fingerprint density at radius 2 is 2.00 bits per heavy atom. The SMILES string of the molecule is CC/C(C)=C/C=C\C(C(=O)N1CCC(Cc2ccc(F)cc2)C1)=C(/C)c1ccncn1. The maximum Gasteiger partial charge on any atom is 0.254 e. The molecule has 1 fully saturated rings. The molecular formula is C26H30FN3O. The van der Waals surface area contributed by atoms with Crippen LogP contribution in [0, 0.1) is 11.7 Å². The number of amides is 1. The average Bonchev–Trinajstić information content (AvgIpc) is 3.26. The highest BCUT2D eigenvalue weighted by molar-refractivity contribution is 6.03. The molecule has 0 saturated carbocycles. The van der Waals surface area contributed by atoms with Gasteiger partial charge in [0.25, 0.3) is 5.91 Å². The normalized spacial score (nSPS) is 17.9. The lowest BCUT2D eigenvalue weighted by atomic mass is 9.99. The average molecular weight is 420 g/mol. The van der Waals surface area contributed by atoms with Crippen molar-refractivity contribution in [1.82, 2.24) is 14.9 Å². The lowest BCUT2D eigenvalue weighted by molar-refractivity contribution is -0.125. The zero-order valence-corrected chi connectivity index (χ0v) is 18.5. The molecule has 2 heterocycles. The summed E-state index contributed by atoms with van der Waals surface area (Å²) in [5.41, 5.74) is 4.60.